The first kappa shape index (κ1) is 24.1. The van der Waals surface area contributed by atoms with Crippen LogP contribution in [0, 0.1) is 5.41 Å². The second-order valence-electron chi connectivity index (χ2n) is 8.12. The molecule has 0 bridgehead atoms. The van der Waals surface area contributed by atoms with E-state index in [-0.39, 0.29) is 48.0 Å². The molecule has 2 aliphatic heterocycles. The van der Waals surface area contributed by atoms with Crippen LogP contribution < -0.4 is 10.6 Å². The highest BCUT2D eigenvalue weighted by molar-refractivity contribution is 8.00. The third-order valence-electron chi connectivity index (χ3n) is 5.85. The van der Waals surface area contributed by atoms with Crippen LogP contribution in [0.1, 0.15) is 12.5 Å². The van der Waals surface area contributed by atoms with E-state index >= 15 is 0 Å². The minimum absolute atomic E-state index is 0.00108. The van der Waals surface area contributed by atoms with Gasteiger partial charge in [0.25, 0.3) is 0 Å². The van der Waals surface area contributed by atoms with Crippen LogP contribution in [0.2, 0.25) is 0 Å². The van der Waals surface area contributed by atoms with Gasteiger partial charge >= 0.3 is 5.97 Å². The number of aromatic hydroxyl groups is 2. The Morgan fingerprint density at radius 2 is 2.06 bits per heavy atom. The number of carbonyl (C=O) groups excluding carboxylic acids is 2. The number of aromatic nitrogens is 2. The summed E-state index contributed by atoms with van der Waals surface area (Å²) in [6.07, 6.45) is 0. The Morgan fingerprint density at radius 1 is 1.29 bits per heavy atom. The molecule has 2 fully saturated rings. The average molecular weight is 506 g/mol. The average Bonchev–Trinajstić information content (AvgIpc) is 2.81. The van der Waals surface area contributed by atoms with Gasteiger partial charge in [0, 0.05) is 43.3 Å². The summed E-state index contributed by atoms with van der Waals surface area (Å²) in [5.74, 6) is -1.56. The van der Waals surface area contributed by atoms with Crippen LogP contribution in [0.3, 0.4) is 0 Å². The van der Waals surface area contributed by atoms with E-state index in [2.05, 4.69) is 10.2 Å². The number of anilines is 1. The number of amides is 2. The molecule has 1 aromatic heterocycles. The van der Waals surface area contributed by atoms with Crippen LogP contribution >= 0.6 is 23.5 Å². The number of aliphatic carboxylic acids is 1. The Bertz CT molecular complexity index is 1130. The Labute approximate surface area is 203 Å². The Hall–Kier alpha value is -3.03. The number of nitrogens with two attached hydrogens (primary N) is 1. The molecule has 1 aromatic carbocycles. The van der Waals surface area contributed by atoms with Crippen LogP contribution in [0.25, 0.3) is 0 Å². The lowest BCUT2D eigenvalue weighted by Crippen LogP contribution is -2.74. The molecule has 2 saturated heterocycles. The van der Waals surface area contributed by atoms with E-state index in [0.717, 1.165) is 0 Å². The number of rotatable bonds is 7. The topological polar surface area (TPSA) is 170 Å². The van der Waals surface area contributed by atoms with Crippen LogP contribution in [0.5, 0.6) is 11.6 Å². The van der Waals surface area contributed by atoms with Crippen molar-refractivity contribution < 1.29 is 29.7 Å². The summed E-state index contributed by atoms with van der Waals surface area (Å²) in [6.45, 7) is 1.42. The lowest BCUT2D eigenvalue weighted by atomic mass is 9.89. The minimum atomic E-state index is -1.21. The number of carbonyl (C=O) groups is 3. The summed E-state index contributed by atoms with van der Waals surface area (Å²) < 4.78 is 0. The van der Waals surface area contributed by atoms with Gasteiger partial charge in [0.05, 0.1) is 0 Å². The second kappa shape index (κ2) is 9.31. The molecule has 2 amide bonds. The molecule has 3 atom stereocenters. The fourth-order valence-corrected chi connectivity index (χ4v) is 6.79. The predicted molar refractivity (Wildman–Crippen MR) is 125 cm³/mol. The first-order valence-electron chi connectivity index (χ1n) is 10.3. The number of nitrogens with zero attached hydrogens (tertiary/aromatic N) is 4. The van der Waals surface area contributed by atoms with Gasteiger partial charge in [-0.3, -0.25) is 19.3 Å². The van der Waals surface area contributed by atoms with E-state index in [1.165, 1.54) is 58.4 Å². The molecule has 180 valence electrons. The number of phenolic OH excluding ortho intramolecular Hbond substituents is 1. The molecule has 2 aliphatic rings. The number of thioether (sulfide) groups is 2. The number of carboxylic acid groups (broad SMARTS) is 1. The number of β-lactam (4-membered cyclic amide) rings is 1. The summed E-state index contributed by atoms with van der Waals surface area (Å²) in [5, 5.41) is 36.5. The molecule has 0 radical (unpaired) electrons. The number of hydrogen-bond acceptors (Lipinski definition) is 10. The fraction of sp³-hybridized carbons (Fsp3) is 0.381. The van der Waals surface area contributed by atoms with Gasteiger partial charge < -0.3 is 26.0 Å². The Morgan fingerprint density at radius 3 is 2.68 bits per heavy atom. The van der Waals surface area contributed by atoms with Gasteiger partial charge in [-0.15, -0.1) is 33.7 Å². The summed E-state index contributed by atoms with van der Waals surface area (Å²) in [4.78, 5) is 40.9. The molecule has 5 N–H and O–H groups in total. The number of fused-ring (bicyclic) bond motifs is 1. The predicted octanol–water partition coefficient (Wildman–Crippen LogP) is 0.846. The molecule has 13 heteroatoms. The lowest BCUT2D eigenvalue weighted by molar-refractivity contribution is -0.156. The maximum atomic E-state index is 13.2. The van der Waals surface area contributed by atoms with E-state index in [1.54, 1.807) is 12.1 Å². The first-order chi connectivity index (χ1) is 16.2. The van der Waals surface area contributed by atoms with Crippen molar-refractivity contribution in [1.82, 2.24) is 15.1 Å². The van der Waals surface area contributed by atoms with Crippen LogP contribution in [-0.2, 0) is 20.9 Å². The summed E-state index contributed by atoms with van der Waals surface area (Å²) >= 11 is 2.50. The van der Waals surface area contributed by atoms with Crippen LogP contribution in [0.4, 0.5) is 5.69 Å². The summed E-state index contributed by atoms with van der Waals surface area (Å²) in [5.41, 5.74) is 5.56. The van der Waals surface area contributed by atoms with Crippen LogP contribution in [0.15, 0.2) is 35.4 Å². The monoisotopic (exact) mass is 505 g/mol. The highest BCUT2D eigenvalue weighted by Gasteiger charge is 2.59. The molecule has 34 heavy (non-hydrogen) atoms. The van der Waals surface area contributed by atoms with Crippen molar-refractivity contribution in [2.45, 2.75) is 29.9 Å². The van der Waals surface area contributed by atoms with Crippen molar-refractivity contribution >= 4 is 47.0 Å². The zero-order valence-corrected chi connectivity index (χ0v) is 19.8. The third kappa shape index (κ3) is 4.26. The third-order valence-corrected chi connectivity index (χ3v) is 8.64. The normalized spacial score (nSPS) is 23.7. The first-order valence-corrected chi connectivity index (χ1v) is 12.3. The molecule has 11 nitrogen and oxygen atoms in total. The fourth-order valence-electron chi connectivity index (χ4n) is 4.08. The number of phenols is 1. The number of carboxylic acids is 1. The summed E-state index contributed by atoms with van der Waals surface area (Å²) in [6, 6.07) is 6.56. The van der Waals surface area contributed by atoms with Crippen LogP contribution in [-0.4, -0.2) is 77.7 Å². The van der Waals surface area contributed by atoms with Gasteiger partial charge in [-0.1, -0.05) is 0 Å². The van der Waals surface area contributed by atoms with Gasteiger partial charge in [0.2, 0.25) is 17.7 Å². The van der Waals surface area contributed by atoms with Crippen molar-refractivity contribution in [3.05, 3.63) is 35.9 Å². The minimum Gasteiger partial charge on any atom is -0.508 e. The lowest BCUT2D eigenvalue weighted by Gasteiger charge is -2.56. The smallest absolute Gasteiger partial charge is 0.313 e. The SMILES string of the molecule is CC(=O)N(c1ccc(O)cc1CN)C1C(=O)N2CC(CSc3ccc(O)nn3)(C(=O)O)CS[C@H]12. The molecule has 2 aromatic rings. The van der Waals surface area contributed by atoms with Crippen molar-refractivity contribution in [3.63, 3.8) is 0 Å². The van der Waals surface area contributed by atoms with Gasteiger partial charge in [-0.05, 0) is 29.8 Å². The van der Waals surface area contributed by atoms with Gasteiger partial charge in [0.1, 0.15) is 27.6 Å². The highest BCUT2D eigenvalue weighted by Crippen LogP contribution is 2.47. The van der Waals surface area contributed by atoms with Gasteiger partial charge in [-0.25, -0.2) is 0 Å². The number of benzene rings is 1. The molecule has 3 heterocycles. The molecular formula is C21H23N5O6S2. The molecule has 4 rings (SSSR count). The van der Waals surface area contributed by atoms with Crippen molar-refractivity contribution in [1.29, 1.82) is 0 Å². The largest absolute Gasteiger partial charge is 0.508 e. The van der Waals surface area contributed by atoms with E-state index < -0.39 is 22.8 Å². The standard InChI is InChI=1S/C21H23N5O6S2/c1-11(27)26(14-3-2-13(28)6-12(14)7-22)17-18(30)25-8-21(20(31)32,10-34-19(17)25)9-33-16-5-4-15(29)23-24-16/h2-6,17,19,28H,7-10,22H2,1H3,(H,23,29)(H,31,32)/t17?,19-,21?/m1/s1. The van der Waals surface area contributed by atoms with Gasteiger partial charge in [0.15, 0.2) is 0 Å². The Balaban J connectivity index is 1.54. The maximum absolute atomic E-state index is 13.2. The van der Waals surface area contributed by atoms with Crippen molar-refractivity contribution in [3.8, 4) is 11.6 Å². The molecule has 2 unspecified atom stereocenters. The molecule has 0 saturated carbocycles. The van der Waals surface area contributed by atoms with Crippen molar-refractivity contribution in [2.75, 3.05) is 23.0 Å². The second-order valence-corrected chi connectivity index (χ2v) is 10.2. The molecule has 0 aliphatic carbocycles. The summed E-state index contributed by atoms with van der Waals surface area (Å²) in [7, 11) is 0. The zero-order valence-electron chi connectivity index (χ0n) is 18.1. The highest BCUT2D eigenvalue weighted by atomic mass is 32.2. The van der Waals surface area contributed by atoms with E-state index in [1.807, 2.05) is 0 Å². The molecular weight excluding hydrogens is 482 g/mol. The van der Waals surface area contributed by atoms with Crippen molar-refractivity contribution in [2.24, 2.45) is 11.1 Å². The van der Waals surface area contributed by atoms with Gasteiger partial charge in [-0.2, -0.15) is 0 Å². The number of hydrogen-bond donors (Lipinski definition) is 4. The van der Waals surface area contributed by atoms with E-state index in [4.69, 9.17) is 5.73 Å². The zero-order chi connectivity index (χ0) is 24.6. The maximum Gasteiger partial charge on any atom is 0.313 e. The molecule has 0 spiro atoms. The van der Waals surface area contributed by atoms with E-state index in [0.29, 0.717) is 16.3 Å². The Kier molecular flexibility index (Phi) is 6.60. The quantitative estimate of drug-likeness (QED) is 0.311. The van der Waals surface area contributed by atoms with E-state index in [9.17, 15) is 29.7 Å².